The zero-order valence-electron chi connectivity index (χ0n) is 15.3. The molecule has 27 heavy (non-hydrogen) atoms. The van der Waals surface area contributed by atoms with Gasteiger partial charge in [0.1, 0.15) is 0 Å². The Morgan fingerprint density at radius 3 is 2.26 bits per heavy atom. The van der Waals surface area contributed by atoms with Gasteiger partial charge in [0.15, 0.2) is 5.78 Å². The first kappa shape index (κ1) is 20.0. The summed E-state index contributed by atoms with van der Waals surface area (Å²) in [5, 5.41) is 0.711. The van der Waals surface area contributed by atoms with Crippen molar-refractivity contribution in [2.24, 2.45) is 0 Å². The molecule has 3 rings (SSSR count). The van der Waals surface area contributed by atoms with Crippen molar-refractivity contribution in [3.05, 3.63) is 64.7 Å². The van der Waals surface area contributed by atoms with E-state index in [9.17, 15) is 13.2 Å². The van der Waals surface area contributed by atoms with E-state index in [4.69, 9.17) is 11.6 Å². The summed E-state index contributed by atoms with van der Waals surface area (Å²) in [7, 11) is -3.55. The van der Waals surface area contributed by atoms with Gasteiger partial charge in [0, 0.05) is 36.8 Å². The van der Waals surface area contributed by atoms with Gasteiger partial charge in [-0.3, -0.25) is 9.69 Å². The van der Waals surface area contributed by atoms with Crippen molar-refractivity contribution in [2.75, 3.05) is 26.2 Å². The van der Waals surface area contributed by atoms with Gasteiger partial charge in [-0.15, -0.1) is 0 Å². The highest BCUT2D eigenvalue weighted by molar-refractivity contribution is 7.89. The van der Waals surface area contributed by atoms with Crippen molar-refractivity contribution in [1.82, 2.24) is 9.21 Å². The van der Waals surface area contributed by atoms with Crippen molar-refractivity contribution in [3.8, 4) is 0 Å². The molecule has 0 N–H and O–H groups in total. The maximum absolute atomic E-state index is 12.9. The normalized spacial score (nSPS) is 16.8. The first-order valence-electron chi connectivity index (χ1n) is 8.94. The van der Waals surface area contributed by atoms with Crippen LogP contribution in [-0.4, -0.2) is 49.6 Å². The molecule has 0 amide bonds. The van der Waals surface area contributed by atoms with Crippen LogP contribution in [0, 0.1) is 0 Å². The summed E-state index contributed by atoms with van der Waals surface area (Å²) in [5.74, 6) is -0.0773. The van der Waals surface area contributed by atoms with Gasteiger partial charge < -0.3 is 0 Å². The van der Waals surface area contributed by atoms with Crippen molar-refractivity contribution >= 4 is 27.4 Å². The Kier molecular flexibility index (Phi) is 6.32. The molecule has 0 bridgehead atoms. The summed E-state index contributed by atoms with van der Waals surface area (Å²) < 4.78 is 27.4. The molecule has 1 saturated heterocycles. The van der Waals surface area contributed by atoms with E-state index in [0.29, 0.717) is 30.2 Å². The fourth-order valence-electron chi connectivity index (χ4n) is 3.20. The number of carbonyl (C=O) groups is 1. The molecule has 1 heterocycles. The first-order chi connectivity index (χ1) is 12.9. The lowest BCUT2D eigenvalue weighted by molar-refractivity contribution is 0.101. The van der Waals surface area contributed by atoms with Gasteiger partial charge in [-0.05, 0) is 49.7 Å². The van der Waals surface area contributed by atoms with Crippen LogP contribution in [0.5, 0.6) is 0 Å². The summed E-state index contributed by atoms with van der Waals surface area (Å²) in [6.45, 7) is 4.70. The molecule has 0 aromatic heterocycles. The summed E-state index contributed by atoms with van der Waals surface area (Å²) in [4.78, 5) is 13.9. The van der Waals surface area contributed by atoms with Gasteiger partial charge in [0.05, 0.1) is 4.90 Å². The molecule has 1 aliphatic rings. The summed E-state index contributed by atoms with van der Waals surface area (Å²) in [5.41, 5.74) is 1.68. The second-order valence-corrected chi connectivity index (χ2v) is 9.12. The number of benzene rings is 2. The minimum Gasteiger partial charge on any atom is -0.298 e. The molecular formula is C20H23ClN2O3S. The number of nitrogens with zero attached hydrogens (tertiary/aromatic N) is 2. The minimum absolute atomic E-state index is 0.0773. The van der Waals surface area contributed by atoms with Gasteiger partial charge >= 0.3 is 0 Å². The fourth-order valence-corrected chi connectivity index (χ4v) is 4.80. The highest BCUT2D eigenvalue weighted by Crippen LogP contribution is 2.20. The molecule has 1 aliphatic heterocycles. The zero-order valence-corrected chi connectivity index (χ0v) is 16.8. The molecule has 2 aromatic rings. The van der Waals surface area contributed by atoms with Crippen LogP contribution < -0.4 is 0 Å². The summed E-state index contributed by atoms with van der Waals surface area (Å²) in [6, 6.07) is 13.9. The standard InChI is InChI=1S/C20H23ClN2O3S/c1-16(24)18-5-9-20(10-6-18)27(25,26)23-12-2-11-22(13-14-23)15-17-3-7-19(21)8-4-17/h3-10H,2,11-15H2,1H3. The number of Topliss-reactive ketones (excluding diaryl/α,β-unsaturated/α-hetero) is 1. The van der Waals surface area contributed by atoms with Gasteiger partial charge in [-0.1, -0.05) is 35.9 Å². The highest BCUT2D eigenvalue weighted by atomic mass is 35.5. The Bertz CT molecular complexity index is 896. The molecule has 0 aliphatic carbocycles. The number of carbonyl (C=O) groups excluding carboxylic acids is 1. The topological polar surface area (TPSA) is 57.7 Å². The van der Waals surface area contributed by atoms with Crippen molar-refractivity contribution in [1.29, 1.82) is 0 Å². The molecule has 5 nitrogen and oxygen atoms in total. The predicted octanol–water partition coefficient (Wildman–Crippen LogP) is 3.44. The third-order valence-electron chi connectivity index (χ3n) is 4.77. The SMILES string of the molecule is CC(=O)c1ccc(S(=O)(=O)N2CCCN(Cc3ccc(Cl)cc3)CC2)cc1. The quantitative estimate of drug-likeness (QED) is 0.714. The lowest BCUT2D eigenvalue weighted by atomic mass is 10.2. The molecule has 144 valence electrons. The van der Waals surface area contributed by atoms with E-state index < -0.39 is 10.0 Å². The second-order valence-electron chi connectivity index (χ2n) is 6.74. The van der Waals surface area contributed by atoms with E-state index in [1.165, 1.54) is 23.4 Å². The van der Waals surface area contributed by atoms with E-state index in [1.54, 1.807) is 12.1 Å². The van der Waals surface area contributed by atoms with Crippen molar-refractivity contribution in [3.63, 3.8) is 0 Å². The smallest absolute Gasteiger partial charge is 0.243 e. The molecule has 0 spiro atoms. The maximum atomic E-state index is 12.9. The number of rotatable bonds is 5. The Labute approximate surface area is 165 Å². The van der Waals surface area contributed by atoms with Crippen molar-refractivity contribution in [2.45, 2.75) is 24.8 Å². The Hall–Kier alpha value is -1.73. The molecule has 2 aromatic carbocycles. The third-order valence-corrected chi connectivity index (χ3v) is 6.93. The van der Waals surface area contributed by atoms with Crippen LogP contribution in [0.25, 0.3) is 0 Å². The van der Waals surface area contributed by atoms with Gasteiger partial charge in [-0.2, -0.15) is 4.31 Å². The van der Waals surface area contributed by atoms with Gasteiger partial charge in [-0.25, -0.2) is 8.42 Å². The Balaban J connectivity index is 1.67. The number of sulfonamides is 1. The largest absolute Gasteiger partial charge is 0.298 e. The zero-order chi connectivity index (χ0) is 19.4. The van der Waals surface area contributed by atoms with Crippen LogP contribution in [0.1, 0.15) is 29.3 Å². The monoisotopic (exact) mass is 406 g/mol. The fraction of sp³-hybridized carbons (Fsp3) is 0.350. The number of ketones is 1. The van der Waals surface area contributed by atoms with E-state index in [0.717, 1.165) is 25.1 Å². The maximum Gasteiger partial charge on any atom is 0.243 e. The van der Waals surface area contributed by atoms with Crippen molar-refractivity contribution < 1.29 is 13.2 Å². The van der Waals surface area contributed by atoms with Crippen LogP contribution in [0.2, 0.25) is 5.02 Å². The van der Waals surface area contributed by atoms with E-state index in [-0.39, 0.29) is 10.7 Å². The molecular weight excluding hydrogens is 384 g/mol. The second kappa shape index (κ2) is 8.52. The lowest BCUT2D eigenvalue weighted by Crippen LogP contribution is -2.35. The molecule has 7 heteroatoms. The van der Waals surface area contributed by atoms with Crippen LogP contribution in [0.15, 0.2) is 53.4 Å². The first-order valence-corrected chi connectivity index (χ1v) is 10.8. The number of hydrogen-bond acceptors (Lipinski definition) is 4. The molecule has 0 unspecified atom stereocenters. The molecule has 0 atom stereocenters. The average molecular weight is 407 g/mol. The van der Waals surface area contributed by atoms with Crippen LogP contribution in [0.4, 0.5) is 0 Å². The van der Waals surface area contributed by atoms with E-state index in [2.05, 4.69) is 4.90 Å². The van der Waals surface area contributed by atoms with Crippen LogP contribution in [0.3, 0.4) is 0 Å². The summed E-state index contributed by atoms with van der Waals surface area (Å²) >= 11 is 5.93. The minimum atomic E-state index is -3.55. The number of halogens is 1. The third kappa shape index (κ3) is 4.96. The molecule has 1 fully saturated rings. The highest BCUT2D eigenvalue weighted by Gasteiger charge is 2.27. The lowest BCUT2D eigenvalue weighted by Gasteiger charge is -2.22. The molecule has 0 radical (unpaired) electrons. The number of hydrogen-bond donors (Lipinski definition) is 0. The molecule has 0 saturated carbocycles. The van der Waals surface area contributed by atoms with E-state index in [1.807, 2.05) is 24.3 Å². The Morgan fingerprint density at radius 1 is 0.963 bits per heavy atom. The average Bonchev–Trinajstić information content (AvgIpc) is 2.90. The predicted molar refractivity (Wildman–Crippen MR) is 107 cm³/mol. The van der Waals surface area contributed by atoms with Gasteiger partial charge in [0.2, 0.25) is 10.0 Å². The van der Waals surface area contributed by atoms with E-state index >= 15 is 0 Å². The van der Waals surface area contributed by atoms with Crippen LogP contribution >= 0.6 is 11.6 Å². The van der Waals surface area contributed by atoms with Gasteiger partial charge in [0.25, 0.3) is 0 Å². The summed E-state index contributed by atoms with van der Waals surface area (Å²) in [6.07, 6.45) is 0.776. The Morgan fingerprint density at radius 2 is 1.63 bits per heavy atom. The van der Waals surface area contributed by atoms with Crippen LogP contribution in [-0.2, 0) is 16.6 Å².